The number of aliphatic hydroxyl groups is 1. The third-order valence-corrected chi connectivity index (χ3v) is 1.77. The van der Waals surface area contributed by atoms with Crippen LogP contribution in [0.5, 0.6) is 0 Å². The van der Waals surface area contributed by atoms with Gasteiger partial charge in [0, 0.05) is 0 Å². The molecule has 1 rings (SSSR count). The van der Waals surface area contributed by atoms with E-state index in [1.165, 1.54) is 0 Å². The zero-order valence-corrected chi connectivity index (χ0v) is 6.88. The van der Waals surface area contributed by atoms with Crippen molar-refractivity contribution in [2.75, 3.05) is 6.61 Å². The van der Waals surface area contributed by atoms with Crippen molar-refractivity contribution in [2.24, 2.45) is 0 Å². The Balaban J connectivity index is 2.44. The van der Waals surface area contributed by atoms with Crippen LogP contribution in [-0.4, -0.2) is 17.7 Å². The van der Waals surface area contributed by atoms with Gasteiger partial charge in [-0.3, -0.25) is 0 Å². The van der Waals surface area contributed by atoms with Gasteiger partial charge in [0.2, 0.25) is 0 Å². The van der Waals surface area contributed by atoms with Crippen molar-refractivity contribution in [2.45, 2.75) is 19.3 Å². The number of rotatable bonds is 4. The molecular formula is C9H12O3. The number of ether oxygens (including phenoxy) is 1. The summed E-state index contributed by atoms with van der Waals surface area (Å²) < 4.78 is 4.62. The number of unbranched alkanes of at least 4 members (excludes halogenated alkanes) is 1. The molecule has 0 fully saturated rings. The SMILES string of the molecule is C=CCCCC1=C(O)COC1=O. The maximum Gasteiger partial charge on any atom is 0.337 e. The predicted octanol–water partition coefficient (Wildman–Crippen LogP) is 1.71. The van der Waals surface area contributed by atoms with Crippen molar-refractivity contribution < 1.29 is 14.6 Å². The molecule has 0 saturated carbocycles. The maximum atomic E-state index is 10.9. The zero-order valence-electron chi connectivity index (χ0n) is 6.88. The molecular weight excluding hydrogens is 156 g/mol. The van der Waals surface area contributed by atoms with Gasteiger partial charge < -0.3 is 9.84 Å². The van der Waals surface area contributed by atoms with E-state index < -0.39 is 0 Å². The van der Waals surface area contributed by atoms with Gasteiger partial charge in [0.1, 0.15) is 12.4 Å². The van der Waals surface area contributed by atoms with Gasteiger partial charge in [0.25, 0.3) is 0 Å². The number of hydrogen-bond acceptors (Lipinski definition) is 3. The molecule has 12 heavy (non-hydrogen) atoms. The fraction of sp³-hybridized carbons (Fsp3) is 0.444. The summed E-state index contributed by atoms with van der Waals surface area (Å²) in [7, 11) is 0. The van der Waals surface area contributed by atoms with Crippen LogP contribution in [0.15, 0.2) is 24.0 Å². The minimum absolute atomic E-state index is 0.0439. The molecule has 0 aromatic rings. The van der Waals surface area contributed by atoms with E-state index in [1.807, 2.05) is 0 Å². The Kier molecular flexibility index (Phi) is 2.91. The van der Waals surface area contributed by atoms with Gasteiger partial charge in [-0.15, -0.1) is 6.58 Å². The maximum absolute atomic E-state index is 10.9. The Morgan fingerprint density at radius 1 is 1.67 bits per heavy atom. The molecule has 0 aromatic heterocycles. The summed E-state index contributed by atoms with van der Waals surface area (Å²) in [5, 5.41) is 9.17. The third kappa shape index (κ3) is 1.87. The van der Waals surface area contributed by atoms with Crippen molar-refractivity contribution >= 4 is 5.97 Å². The molecule has 1 aliphatic rings. The van der Waals surface area contributed by atoms with Gasteiger partial charge >= 0.3 is 5.97 Å². The number of cyclic esters (lactones) is 1. The Morgan fingerprint density at radius 2 is 2.42 bits per heavy atom. The summed E-state index contributed by atoms with van der Waals surface area (Å²) in [5.41, 5.74) is 0.428. The van der Waals surface area contributed by atoms with Crippen LogP contribution in [0.25, 0.3) is 0 Å². The third-order valence-electron chi connectivity index (χ3n) is 1.77. The minimum Gasteiger partial charge on any atom is -0.508 e. The van der Waals surface area contributed by atoms with Crippen LogP contribution >= 0.6 is 0 Å². The van der Waals surface area contributed by atoms with E-state index >= 15 is 0 Å². The van der Waals surface area contributed by atoms with Crippen molar-refractivity contribution in [1.82, 2.24) is 0 Å². The highest BCUT2D eigenvalue weighted by Gasteiger charge is 2.23. The van der Waals surface area contributed by atoms with Crippen LogP contribution in [0.4, 0.5) is 0 Å². The Hall–Kier alpha value is -1.25. The number of esters is 1. The van der Waals surface area contributed by atoms with Crippen LogP contribution in [0.1, 0.15) is 19.3 Å². The van der Waals surface area contributed by atoms with Gasteiger partial charge in [-0.05, 0) is 19.3 Å². The van der Waals surface area contributed by atoms with Crippen LogP contribution in [0.2, 0.25) is 0 Å². The molecule has 66 valence electrons. The molecule has 1 heterocycles. The van der Waals surface area contributed by atoms with Crippen molar-refractivity contribution in [3.05, 3.63) is 24.0 Å². The number of carbonyl (C=O) groups excluding carboxylic acids is 1. The number of allylic oxidation sites excluding steroid dienone is 1. The molecule has 0 atom stereocenters. The second-order valence-corrected chi connectivity index (χ2v) is 2.68. The van der Waals surface area contributed by atoms with Crippen molar-refractivity contribution in [3.8, 4) is 0 Å². The van der Waals surface area contributed by atoms with Gasteiger partial charge in [-0.25, -0.2) is 4.79 Å². The molecule has 1 N–H and O–H groups in total. The lowest BCUT2D eigenvalue weighted by molar-refractivity contribution is -0.136. The predicted molar refractivity (Wildman–Crippen MR) is 44.7 cm³/mol. The summed E-state index contributed by atoms with van der Waals surface area (Å²) in [4.78, 5) is 10.9. The standard InChI is InChI=1S/C9H12O3/c1-2-3-4-5-7-8(10)6-12-9(7)11/h2,10H,1,3-6H2. The average Bonchev–Trinajstić information content (AvgIpc) is 2.35. The Morgan fingerprint density at radius 3 is 2.92 bits per heavy atom. The first-order valence-corrected chi connectivity index (χ1v) is 3.94. The zero-order chi connectivity index (χ0) is 8.97. The molecule has 3 heteroatoms. The van der Waals surface area contributed by atoms with Crippen LogP contribution in [0, 0.1) is 0 Å². The van der Waals surface area contributed by atoms with Crippen LogP contribution in [0.3, 0.4) is 0 Å². The van der Waals surface area contributed by atoms with Crippen molar-refractivity contribution in [1.29, 1.82) is 0 Å². The lowest BCUT2D eigenvalue weighted by atomic mass is 10.1. The highest BCUT2D eigenvalue weighted by atomic mass is 16.5. The first kappa shape index (κ1) is 8.84. The lowest BCUT2D eigenvalue weighted by Crippen LogP contribution is -1.98. The smallest absolute Gasteiger partial charge is 0.337 e. The van der Waals surface area contributed by atoms with E-state index in [2.05, 4.69) is 11.3 Å². The van der Waals surface area contributed by atoms with Gasteiger partial charge in [0.05, 0.1) is 5.57 Å². The van der Waals surface area contributed by atoms with Crippen molar-refractivity contribution in [3.63, 3.8) is 0 Å². The summed E-state index contributed by atoms with van der Waals surface area (Å²) in [6.45, 7) is 3.61. The molecule has 0 amide bonds. The van der Waals surface area contributed by atoms with E-state index in [-0.39, 0.29) is 18.3 Å². The molecule has 0 aromatic carbocycles. The quantitative estimate of drug-likeness (QED) is 0.395. The molecule has 1 aliphatic heterocycles. The van der Waals surface area contributed by atoms with Crippen LogP contribution in [-0.2, 0) is 9.53 Å². The molecule has 3 nitrogen and oxygen atoms in total. The van der Waals surface area contributed by atoms with Gasteiger partial charge in [-0.2, -0.15) is 0 Å². The normalized spacial score (nSPS) is 16.5. The Labute approximate surface area is 71.3 Å². The lowest BCUT2D eigenvalue weighted by Gasteiger charge is -1.96. The van der Waals surface area contributed by atoms with Crippen LogP contribution < -0.4 is 0 Å². The highest BCUT2D eigenvalue weighted by Crippen LogP contribution is 2.19. The second kappa shape index (κ2) is 3.95. The van der Waals surface area contributed by atoms with E-state index in [1.54, 1.807) is 6.08 Å². The summed E-state index contributed by atoms with van der Waals surface area (Å²) in [6.07, 6.45) is 4.05. The Bertz CT molecular complexity index is 228. The molecule has 0 saturated heterocycles. The van der Waals surface area contributed by atoms with Gasteiger partial charge in [0.15, 0.2) is 0 Å². The second-order valence-electron chi connectivity index (χ2n) is 2.68. The fourth-order valence-electron chi connectivity index (χ4n) is 1.10. The molecule has 0 aliphatic carbocycles. The van der Waals surface area contributed by atoms with E-state index in [0.29, 0.717) is 12.0 Å². The molecule has 0 radical (unpaired) electrons. The van der Waals surface area contributed by atoms with E-state index in [4.69, 9.17) is 5.11 Å². The highest BCUT2D eigenvalue weighted by molar-refractivity contribution is 5.91. The first-order valence-electron chi connectivity index (χ1n) is 3.94. The largest absolute Gasteiger partial charge is 0.508 e. The monoisotopic (exact) mass is 168 g/mol. The van der Waals surface area contributed by atoms with E-state index in [0.717, 1.165) is 12.8 Å². The first-order chi connectivity index (χ1) is 5.75. The number of hydrogen-bond donors (Lipinski definition) is 1. The summed E-state index contributed by atoms with van der Waals surface area (Å²) >= 11 is 0. The van der Waals surface area contributed by atoms with E-state index in [9.17, 15) is 4.79 Å². The fourth-order valence-corrected chi connectivity index (χ4v) is 1.10. The number of aliphatic hydroxyl groups excluding tert-OH is 1. The summed E-state index contributed by atoms with van der Waals surface area (Å²) in [6, 6.07) is 0. The average molecular weight is 168 g/mol. The summed E-state index contributed by atoms with van der Waals surface area (Å²) in [5.74, 6) is -0.291. The topological polar surface area (TPSA) is 46.5 Å². The minimum atomic E-state index is -0.378. The number of carbonyl (C=O) groups is 1. The molecule has 0 bridgehead atoms. The van der Waals surface area contributed by atoms with Gasteiger partial charge in [-0.1, -0.05) is 6.08 Å². The molecule has 0 spiro atoms. The molecule has 0 unspecified atom stereocenters.